The van der Waals surface area contributed by atoms with Crippen LogP contribution in [0.2, 0.25) is 5.15 Å². The second-order valence-electron chi connectivity index (χ2n) is 5.07. The minimum atomic E-state index is 0.595. The van der Waals surface area contributed by atoms with Gasteiger partial charge >= 0.3 is 0 Å². The standard InChI is InChI=1S/C13H17ClN2/c1-16-10-3-2-4-12(16)11(7-10)9-5-6-13(14)15-8-9/h5-6,8,10-12H,2-4,7H2,1H3/t10-,11+,12+/m0/s1. The molecular formula is C13H17ClN2. The first-order valence-corrected chi connectivity index (χ1v) is 6.47. The molecule has 2 aliphatic heterocycles. The highest BCUT2D eigenvalue weighted by Crippen LogP contribution is 2.43. The normalized spacial score (nSPS) is 34.2. The summed E-state index contributed by atoms with van der Waals surface area (Å²) in [6, 6.07) is 5.58. The Kier molecular flexibility index (Phi) is 2.64. The van der Waals surface area contributed by atoms with Crippen LogP contribution >= 0.6 is 11.6 Å². The summed E-state index contributed by atoms with van der Waals surface area (Å²) in [4.78, 5) is 6.78. The van der Waals surface area contributed by atoms with E-state index in [4.69, 9.17) is 11.6 Å². The molecule has 0 aliphatic carbocycles. The average Bonchev–Trinajstić information content (AvgIpc) is 2.51. The molecule has 86 valence electrons. The molecule has 0 N–H and O–H groups in total. The van der Waals surface area contributed by atoms with Gasteiger partial charge in [0.2, 0.25) is 0 Å². The van der Waals surface area contributed by atoms with Crippen molar-refractivity contribution in [3.8, 4) is 0 Å². The monoisotopic (exact) mass is 236 g/mol. The van der Waals surface area contributed by atoms with Crippen LogP contribution in [0.15, 0.2) is 18.3 Å². The van der Waals surface area contributed by atoms with Gasteiger partial charge in [-0.1, -0.05) is 24.1 Å². The van der Waals surface area contributed by atoms with Crippen molar-refractivity contribution in [2.24, 2.45) is 0 Å². The smallest absolute Gasteiger partial charge is 0.129 e. The van der Waals surface area contributed by atoms with Gasteiger partial charge in [-0.3, -0.25) is 4.90 Å². The van der Waals surface area contributed by atoms with E-state index < -0.39 is 0 Å². The van der Waals surface area contributed by atoms with Crippen molar-refractivity contribution in [2.45, 2.75) is 43.7 Å². The summed E-state index contributed by atoms with van der Waals surface area (Å²) in [5, 5.41) is 0.595. The van der Waals surface area contributed by atoms with Crippen LogP contribution in [0.4, 0.5) is 0 Å². The predicted molar refractivity (Wildman–Crippen MR) is 65.8 cm³/mol. The number of hydrogen-bond donors (Lipinski definition) is 0. The number of fused-ring (bicyclic) bond motifs is 2. The van der Waals surface area contributed by atoms with Crippen molar-refractivity contribution < 1.29 is 0 Å². The maximum absolute atomic E-state index is 5.84. The molecule has 0 spiro atoms. The average molecular weight is 237 g/mol. The molecule has 3 heteroatoms. The van der Waals surface area contributed by atoms with Gasteiger partial charge in [0, 0.05) is 24.2 Å². The number of hydrogen-bond acceptors (Lipinski definition) is 2. The summed E-state index contributed by atoms with van der Waals surface area (Å²) in [6.45, 7) is 0. The molecular weight excluding hydrogens is 220 g/mol. The first-order chi connectivity index (χ1) is 7.75. The Balaban J connectivity index is 1.88. The lowest BCUT2D eigenvalue weighted by Gasteiger charge is -2.32. The third-order valence-corrected chi connectivity index (χ3v) is 4.53. The van der Waals surface area contributed by atoms with E-state index in [1.54, 1.807) is 0 Å². The van der Waals surface area contributed by atoms with E-state index in [1.165, 1.54) is 31.2 Å². The fraction of sp³-hybridized carbons (Fsp3) is 0.615. The van der Waals surface area contributed by atoms with E-state index in [0.29, 0.717) is 11.1 Å². The van der Waals surface area contributed by atoms with E-state index >= 15 is 0 Å². The first-order valence-electron chi connectivity index (χ1n) is 6.09. The molecule has 2 saturated heterocycles. The minimum absolute atomic E-state index is 0.595. The summed E-state index contributed by atoms with van der Waals surface area (Å²) < 4.78 is 0. The van der Waals surface area contributed by atoms with Gasteiger partial charge < -0.3 is 0 Å². The summed E-state index contributed by atoms with van der Waals surface area (Å²) in [6.07, 6.45) is 7.34. The molecule has 16 heavy (non-hydrogen) atoms. The van der Waals surface area contributed by atoms with E-state index in [2.05, 4.69) is 23.0 Å². The van der Waals surface area contributed by atoms with Crippen LogP contribution in [0.5, 0.6) is 0 Å². The molecule has 0 unspecified atom stereocenters. The Labute approximate surface area is 102 Å². The Morgan fingerprint density at radius 3 is 2.94 bits per heavy atom. The molecule has 1 aromatic heterocycles. The fourth-order valence-electron chi connectivity index (χ4n) is 3.42. The summed E-state index contributed by atoms with van der Waals surface area (Å²) in [7, 11) is 2.28. The lowest BCUT2D eigenvalue weighted by Crippen LogP contribution is -2.37. The predicted octanol–water partition coefficient (Wildman–Crippen LogP) is 3.08. The first kappa shape index (κ1) is 10.5. The van der Waals surface area contributed by atoms with Crippen molar-refractivity contribution in [2.75, 3.05) is 7.05 Å². The van der Waals surface area contributed by atoms with Gasteiger partial charge in [0.15, 0.2) is 0 Å². The maximum Gasteiger partial charge on any atom is 0.129 e. The topological polar surface area (TPSA) is 16.1 Å². The number of aromatic nitrogens is 1. The third-order valence-electron chi connectivity index (χ3n) is 4.31. The van der Waals surface area contributed by atoms with Crippen LogP contribution in [-0.4, -0.2) is 29.0 Å². The van der Waals surface area contributed by atoms with Gasteiger partial charge in [0.25, 0.3) is 0 Å². The molecule has 1 aromatic rings. The van der Waals surface area contributed by atoms with Crippen molar-refractivity contribution in [1.82, 2.24) is 9.88 Å². The Bertz CT molecular complexity index is 376. The summed E-state index contributed by atoms with van der Waals surface area (Å²) >= 11 is 5.84. The van der Waals surface area contributed by atoms with E-state index in [1.807, 2.05) is 12.3 Å². The van der Waals surface area contributed by atoms with Gasteiger partial charge in [0.05, 0.1) is 0 Å². The molecule has 2 aliphatic rings. The third kappa shape index (κ3) is 1.64. The number of likely N-dealkylation sites (N-methyl/N-ethyl adjacent to an activating group) is 1. The molecule has 2 nitrogen and oxygen atoms in total. The second-order valence-corrected chi connectivity index (χ2v) is 5.46. The molecule has 3 rings (SSSR count). The van der Waals surface area contributed by atoms with Crippen LogP contribution in [0.3, 0.4) is 0 Å². The van der Waals surface area contributed by atoms with Crippen LogP contribution in [0.1, 0.15) is 37.2 Å². The Morgan fingerprint density at radius 2 is 2.25 bits per heavy atom. The molecule has 2 bridgehead atoms. The zero-order valence-electron chi connectivity index (χ0n) is 9.56. The van der Waals surface area contributed by atoms with Crippen LogP contribution in [-0.2, 0) is 0 Å². The van der Waals surface area contributed by atoms with E-state index in [0.717, 1.165) is 12.1 Å². The van der Waals surface area contributed by atoms with Crippen LogP contribution in [0.25, 0.3) is 0 Å². The van der Waals surface area contributed by atoms with Gasteiger partial charge in [-0.05, 0) is 37.9 Å². The van der Waals surface area contributed by atoms with Crippen molar-refractivity contribution in [1.29, 1.82) is 0 Å². The number of nitrogens with zero attached hydrogens (tertiary/aromatic N) is 2. The highest BCUT2D eigenvalue weighted by Gasteiger charge is 2.41. The van der Waals surface area contributed by atoms with Crippen LogP contribution < -0.4 is 0 Å². The molecule has 0 radical (unpaired) electrons. The lowest BCUT2D eigenvalue weighted by atomic mass is 9.91. The molecule has 0 amide bonds. The Hall–Kier alpha value is -0.600. The van der Waals surface area contributed by atoms with E-state index in [9.17, 15) is 0 Å². The zero-order chi connectivity index (χ0) is 11.1. The van der Waals surface area contributed by atoms with Crippen LogP contribution in [0, 0.1) is 0 Å². The fourth-order valence-corrected chi connectivity index (χ4v) is 3.54. The zero-order valence-corrected chi connectivity index (χ0v) is 10.3. The Morgan fingerprint density at radius 1 is 1.38 bits per heavy atom. The highest BCUT2D eigenvalue weighted by atomic mass is 35.5. The minimum Gasteiger partial charge on any atom is -0.300 e. The quantitative estimate of drug-likeness (QED) is 0.697. The highest BCUT2D eigenvalue weighted by molar-refractivity contribution is 6.29. The van der Waals surface area contributed by atoms with Gasteiger partial charge in [-0.2, -0.15) is 0 Å². The van der Waals surface area contributed by atoms with E-state index in [-0.39, 0.29) is 0 Å². The molecule has 2 fully saturated rings. The van der Waals surface area contributed by atoms with Crippen molar-refractivity contribution in [3.05, 3.63) is 29.0 Å². The number of rotatable bonds is 1. The largest absolute Gasteiger partial charge is 0.300 e. The number of halogens is 1. The molecule has 0 aromatic carbocycles. The van der Waals surface area contributed by atoms with Crippen molar-refractivity contribution in [3.63, 3.8) is 0 Å². The second kappa shape index (κ2) is 4.01. The van der Waals surface area contributed by atoms with Crippen molar-refractivity contribution >= 4 is 11.6 Å². The lowest BCUT2D eigenvalue weighted by molar-refractivity contribution is 0.174. The van der Waals surface area contributed by atoms with Gasteiger partial charge in [0.1, 0.15) is 5.15 Å². The number of piperidine rings is 1. The van der Waals surface area contributed by atoms with Gasteiger partial charge in [-0.15, -0.1) is 0 Å². The molecule has 3 atom stereocenters. The SMILES string of the molecule is CN1[C@H]2CCC[C@@H]1[C@@H](c1ccc(Cl)nc1)C2. The van der Waals surface area contributed by atoms with Gasteiger partial charge in [-0.25, -0.2) is 4.98 Å². The molecule has 3 heterocycles. The maximum atomic E-state index is 5.84. The summed E-state index contributed by atoms with van der Waals surface area (Å²) in [5.74, 6) is 0.669. The number of pyridine rings is 1. The summed E-state index contributed by atoms with van der Waals surface area (Å²) in [5.41, 5.74) is 1.37. The molecule has 0 saturated carbocycles.